The Kier molecular flexibility index (Phi) is 33.9. The maximum Gasteiger partial charge on any atom is 0.308 e. The maximum absolute atomic E-state index is 12.9. The highest BCUT2D eigenvalue weighted by molar-refractivity contribution is 5.72. The number of carbonyl (C=O) groups excluding carboxylic acids is 2. The molecule has 0 N–H and O–H groups in total. The summed E-state index contributed by atoms with van der Waals surface area (Å²) in [6, 6.07) is 1.99. The van der Waals surface area contributed by atoms with Crippen LogP contribution in [0.1, 0.15) is 231 Å². The Balaban J connectivity index is 2.36. The molecule has 2 atom stereocenters. The number of unbranched alkanes of at least 4 members (excludes halogenated alkanes) is 20. The van der Waals surface area contributed by atoms with Crippen molar-refractivity contribution in [2.24, 2.45) is 11.8 Å². The molecule has 0 bridgehead atoms. The van der Waals surface area contributed by atoms with Crippen molar-refractivity contribution in [1.82, 2.24) is 4.98 Å². The van der Waals surface area contributed by atoms with Crippen LogP contribution in [0.25, 0.3) is 0 Å². The molecule has 0 fully saturated rings. The molecule has 5 nitrogen and oxygen atoms in total. The Morgan fingerprint density at radius 3 is 1.19 bits per heavy atom. The summed E-state index contributed by atoms with van der Waals surface area (Å²) in [5, 5.41) is 0. The molecule has 0 aliphatic carbocycles. The Bertz CT molecular complexity index is 1080. The van der Waals surface area contributed by atoms with E-state index in [0.717, 1.165) is 101 Å². The van der Waals surface area contributed by atoms with Gasteiger partial charge in [-0.25, -0.2) is 0 Å². The fourth-order valence-electron chi connectivity index (χ4n) is 6.86. The molecule has 0 amide bonds. The zero-order chi connectivity index (χ0) is 39.2. The lowest BCUT2D eigenvalue weighted by Crippen LogP contribution is -2.18. The second kappa shape index (κ2) is 37.1. The fourth-order valence-corrected chi connectivity index (χ4v) is 6.86. The highest BCUT2D eigenvalue weighted by Crippen LogP contribution is 2.22. The van der Waals surface area contributed by atoms with Crippen molar-refractivity contribution in [3.63, 3.8) is 0 Å². The third kappa shape index (κ3) is 28.6. The summed E-state index contributed by atoms with van der Waals surface area (Å²) in [6.45, 7) is 9.91. The van der Waals surface area contributed by atoms with Crippen molar-refractivity contribution in [3.05, 3.63) is 29.6 Å². The van der Waals surface area contributed by atoms with Gasteiger partial charge in [-0.3, -0.25) is 14.6 Å². The number of nitrogens with zero attached hydrogens (tertiary/aromatic N) is 1. The van der Waals surface area contributed by atoms with Gasteiger partial charge in [0.15, 0.2) is 0 Å². The van der Waals surface area contributed by atoms with Crippen molar-refractivity contribution in [2.45, 2.75) is 220 Å². The van der Waals surface area contributed by atoms with E-state index in [1.54, 1.807) is 12.4 Å². The van der Waals surface area contributed by atoms with Crippen molar-refractivity contribution in [3.8, 4) is 23.7 Å². The van der Waals surface area contributed by atoms with Crippen LogP contribution in [0.2, 0.25) is 0 Å². The first-order chi connectivity index (χ1) is 26.5. The maximum atomic E-state index is 12.9. The molecule has 0 saturated heterocycles. The number of hydrogen-bond acceptors (Lipinski definition) is 5. The van der Waals surface area contributed by atoms with Crippen LogP contribution in [0, 0.1) is 35.5 Å². The van der Waals surface area contributed by atoms with Crippen LogP contribution >= 0.6 is 0 Å². The summed E-state index contributed by atoms with van der Waals surface area (Å²) < 4.78 is 11.5. The predicted molar refractivity (Wildman–Crippen MR) is 228 cm³/mol. The number of aromatic nitrogens is 1. The van der Waals surface area contributed by atoms with Crippen LogP contribution in [0.3, 0.4) is 0 Å². The zero-order valence-corrected chi connectivity index (χ0v) is 35.6. The molecule has 1 aromatic heterocycles. The van der Waals surface area contributed by atoms with Crippen LogP contribution in [0.4, 0.5) is 0 Å². The minimum atomic E-state index is 0.00861. The minimum absolute atomic E-state index is 0.00861. The summed E-state index contributed by atoms with van der Waals surface area (Å²) in [5.41, 5.74) is 1.73. The van der Waals surface area contributed by atoms with Crippen LogP contribution in [0.5, 0.6) is 0 Å². The summed E-state index contributed by atoms with van der Waals surface area (Å²) in [4.78, 5) is 30.1. The molecule has 5 heteroatoms. The molecule has 0 radical (unpaired) electrons. The molecule has 0 aliphatic rings. The second-order valence-corrected chi connectivity index (χ2v) is 15.5. The largest absolute Gasteiger partial charge is 0.465 e. The van der Waals surface area contributed by atoms with Gasteiger partial charge in [-0.05, 0) is 57.4 Å². The first-order valence-corrected chi connectivity index (χ1v) is 22.8. The van der Waals surface area contributed by atoms with Gasteiger partial charge in [0.2, 0.25) is 0 Å². The van der Waals surface area contributed by atoms with E-state index in [9.17, 15) is 9.59 Å². The predicted octanol–water partition coefficient (Wildman–Crippen LogP) is 13.9. The normalized spacial score (nSPS) is 11.9. The van der Waals surface area contributed by atoms with Gasteiger partial charge in [0.05, 0.1) is 25.0 Å². The number of esters is 2. The molecule has 0 spiro atoms. The smallest absolute Gasteiger partial charge is 0.308 e. The SMILES string of the molecule is CCCCCCCCC(CCCCCC)C(=O)OCCCCC#Cc1cncc(C#CCCCCOC(=O)C(CCCCCC)CCCCCCCC)c1. The van der Waals surface area contributed by atoms with Crippen molar-refractivity contribution >= 4 is 11.9 Å². The molecular weight excluding hydrogens is 667 g/mol. The quantitative estimate of drug-likeness (QED) is 0.0399. The number of hydrogen-bond donors (Lipinski definition) is 0. The molecule has 1 aromatic rings. The lowest BCUT2D eigenvalue weighted by molar-refractivity contribution is -0.150. The summed E-state index contributed by atoms with van der Waals surface area (Å²) in [5.74, 6) is 13.1. The van der Waals surface area contributed by atoms with Gasteiger partial charge in [0.1, 0.15) is 0 Å². The first kappa shape index (κ1) is 49.2. The monoisotopic (exact) mass is 748 g/mol. The van der Waals surface area contributed by atoms with Gasteiger partial charge < -0.3 is 9.47 Å². The standard InChI is InChI=1S/C49H81NO4/c1-5-9-13-17-19-29-37-46(35-27-15-11-7-3)48(51)53-39-31-23-21-25-33-44-41-45(43-50-42-44)34-26-22-24-32-40-54-49(52)47(36-28-16-12-8-4)38-30-20-18-14-10-6-2/h41-43,46-47H,5-24,27-32,35-40H2,1-4H3. The summed E-state index contributed by atoms with van der Waals surface area (Å²) >= 11 is 0. The Morgan fingerprint density at radius 2 is 0.815 bits per heavy atom. The highest BCUT2D eigenvalue weighted by Gasteiger charge is 2.20. The molecule has 1 heterocycles. The fraction of sp³-hybridized carbons (Fsp3) is 0.776. The average molecular weight is 748 g/mol. The van der Waals surface area contributed by atoms with Crippen LogP contribution in [-0.4, -0.2) is 30.1 Å². The lowest BCUT2D eigenvalue weighted by atomic mass is 9.94. The molecular formula is C49H81NO4. The third-order valence-corrected chi connectivity index (χ3v) is 10.4. The Morgan fingerprint density at radius 1 is 0.481 bits per heavy atom. The number of ether oxygens (including phenoxy) is 2. The molecule has 0 aliphatic heterocycles. The molecule has 1 rings (SSSR count). The van der Waals surface area contributed by atoms with Gasteiger partial charge >= 0.3 is 11.9 Å². The van der Waals surface area contributed by atoms with Crippen molar-refractivity contribution < 1.29 is 19.1 Å². The first-order valence-electron chi connectivity index (χ1n) is 22.8. The Labute approximate surface area is 333 Å². The Hall–Kier alpha value is -2.79. The number of rotatable bonds is 34. The van der Waals surface area contributed by atoms with Crippen molar-refractivity contribution in [1.29, 1.82) is 0 Å². The number of pyridine rings is 1. The average Bonchev–Trinajstić information content (AvgIpc) is 3.18. The van der Waals surface area contributed by atoms with Gasteiger partial charge in [0.25, 0.3) is 0 Å². The molecule has 2 unspecified atom stereocenters. The van der Waals surface area contributed by atoms with Crippen LogP contribution in [-0.2, 0) is 19.1 Å². The second-order valence-electron chi connectivity index (χ2n) is 15.5. The summed E-state index contributed by atoms with van der Waals surface area (Å²) in [7, 11) is 0. The zero-order valence-electron chi connectivity index (χ0n) is 35.6. The van der Waals surface area contributed by atoms with E-state index in [4.69, 9.17) is 9.47 Å². The highest BCUT2D eigenvalue weighted by atomic mass is 16.5. The van der Waals surface area contributed by atoms with E-state index in [1.165, 1.54) is 103 Å². The molecule has 54 heavy (non-hydrogen) atoms. The number of carbonyl (C=O) groups is 2. The molecule has 0 saturated carbocycles. The minimum Gasteiger partial charge on any atom is -0.465 e. The lowest BCUT2D eigenvalue weighted by Gasteiger charge is -2.16. The van der Waals surface area contributed by atoms with E-state index in [1.807, 2.05) is 6.07 Å². The van der Waals surface area contributed by atoms with E-state index in [0.29, 0.717) is 13.2 Å². The van der Waals surface area contributed by atoms with Crippen LogP contribution in [0.15, 0.2) is 18.5 Å². The third-order valence-electron chi connectivity index (χ3n) is 10.4. The van der Waals surface area contributed by atoms with E-state index in [2.05, 4.69) is 56.4 Å². The molecule has 0 aromatic carbocycles. The summed E-state index contributed by atoms with van der Waals surface area (Å²) in [6.07, 6.45) is 37.0. The van der Waals surface area contributed by atoms with Gasteiger partial charge in [-0.1, -0.05) is 180 Å². The topological polar surface area (TPSA) is 65.5 Å². The van der Waals surface area contributed by atoms with Gasteiger partial charge in [-0.2, -0.15) is 0 Å². The van der Waals surface area contributed by atoms with Gasteiger partial charge in [0, 0.05) is 36.4 Å². The van der Waals surface area contributed by atoms with Crippen molar-refractivity contribution in [2.75, 3.05) is 13.2 Å². The van der Waals surface area contributed by atoms with E-state index >= 15 is 0 Å². The van der Waals surface area contributed by atoms with E-state index < -0.39 is 0 Å². The molecule has 306 valence electrons. The van der Waals surface area contributed by atoms with Crippen LogP contribution < -0.4 is 0 Å². The van der Waals surface area contributed by atoms with Gasteiger partial charge in [-0.15, -0.1) is 0 Å². The van der Waals surface area contributed by atoms with E-state index in [-0.39, 0.29) is 23.8 Å².